The van der Waals surface area contributed by atoms with Gasteiger partial charge in [0.2, 0.25) is 0 Å². The minimum atomic E-state index is 0.711. The monoisotopic (exact) mass is 302 g/mol. The first-order valence-corrected chi connectivity index (χ1v) is 7.37. The third-order valence-electron chi connectivity index (χ3n) is 3.67. The van der Waals surface area contributed by atoms with Crippen molar-refractivity contribution in [2.24, 2.45) is 7.05 Å². The summed E-state index contributed by atoms with van der Waals surface area (Å²) in [5.41, 5.74) is 5.70. The largest absolute Gasteiger partial charge is 0.348 e. The number of benzene rings is 1. The molecule has 4 nitrogen and oxygen atoms in total. The van der Waals surface area contributed by atoms with Gasteiger partial charge >= 0.3 is 0 Å². The molecule has 0 amide bonds. The van der Waals surface area contributed by atoms with E-state index >= 15 is 0 Å². The van der Waals surface area contributed by atoms with Gasteiger partial charge in [-0.25, -0.2) is 0 Å². The summed E-state index contributed by atoms with van der Waals surface area (Å²) >= 11 is 5.48. The fourth-order valence-electron chi connectivity index (χ4n) is 2.30. The second-order valence-electron chi connectivity index (χ2n) is 5.43. The summed E-state index contributed by atoms with van der Waals surface area (Å²) in [7, 11) is 3.96. The molecule has 0 atom stereocenters. The van der Waals surface area contributed by atoms with Crippen LogP contribution in [0.5, 0.6) is 0 Å². The van der Waals surface area contributed by atoms with Crippen molar-refractivity contribution in [1.29, 1.82) is 0 Å². The van der Waals surface area contributed by atoms with Crippen LogP contribution in [-0.2, 0) is 13.6 Å². The van der Waals surface area contributed by atoms with E-state index in [9.17, 15) is 0 Å². The molecule has 5 heteroatoms. The number of thiocarbonyl (C=S) groups is 1. The molecular formula is C16H22N4S. The van der Waals surface area contributed by atoms with Gasteiger partial charge in [-0.3, -0.25) is 4.68 Å². The van der Waals surface area contributed by atoms with E-state index in [1.54, 1.807) is 0 Å². The molecule has 0 aliphatic rings. The highest BCUT2D eigenvalue weighted by Crippen LogP contribution is 2.15. The molecule has 0 fully saturated rings. The normalized spacial score (nSPS) is 10.5. The number of rotatable bonds is 3. The molecule has 0 bridgehead atoms. The number of nitrogens with zero attached hydrogens (tertiary/aromatic N) is 3. The van der Waals surface area contributed by atoms with Crippen molar-refractivity contribution in [3.8, 4) is 0 Å². The average molecular weight is 302 g/mol. The Morgan fingerprint density at radius 1 is 1.33 bits per heavy atom. The van der Waals surface area contributed by atoms with Crippen LogP contribution in [0, 0.1) is 20.8 Å². The van der Waals surface area contributed by atoms with Gasteiger partial charge in [0.25, 0.3) is 0 Å². The van der Waals surface area contributed by atoms with Gasteiger partial charge in [-0.1, -0.05) is 12.1 Å². The number of anilines is 1. The van der Waals surface area contributed by atoms with Crippen LogP contribution in [0.2, 0.25) is 0 Å². The maximum Gasteiger partial charge on any atom is 0.173 e. The molecule has 1 aromatic carbocycles. The number of aromatic nitrogens is 2. The molecule has 2 rings (SSSR count). The molecule has 2 aromatic rings. The van der Waals surface area contributed by atoms with Crippen LogP contribution in [-0.4, -0.2) is 26.8 Å². The van der Waals surface area contributed by atoms with Crippen LogP contribution < -0.4 is 5.32 Å². The lowest BCUT2D eigenvalue weighted by Gasteiger charge is -2.21. The van der Waals surface area contributed by atoms with Crippen LogP contribution >= 0.6 is 12.2 Å². The fraction of sp³-hybridized carbons (Fsp3) is 0.375. The summed E-state index contributed by atoms with van der Waals surface area (Å²) in [4.78, 5) is 2.04. The second kappa shape index (κ2) is 6.26. The Bertz CT molecular complexity index is 660. The summed E-state index contributed by atoms with van der Waals surface area (Å²) in [5, 5.41) is 8.43. The number of nitrogens with one attached hydrogen (secondary N) is 1. The van der Waals surface area contributed by atoms with Crippen molar-refractivity contribution < 1.29 is 0 Å². The highest BCUT2D eigenvalue weighted by molar-refractivity contribution is 7.80. The van der Waals surface area contributed by atoms with Gasteiger partial charge < -0.3 is 10.2 Å². The predicted octanol–water partition coefficient (Wildman–Crippen LogP) is 3.17. The molecule has 0 unspecified atom stereocenters. The summed E-state index contributed by atoms with van der Waals surface area (Å²) in [5.74, 6) is 0. The van der Waals surface area contributed by atoms with Crippen molar-refractivity contribution in [2.45, 2.75) is 27.3 Å². The predicted molar refractivity (Wildman–Crippen MR) is 91.5 cm³/mol. The van der Waals surface area contributed by atoms with Crippen molar-refractivity contribution >= 4 is 23.0 Å². The minimum Gasteiger partial charge on any atom is -0.348 e. The van der Waals surface area contributed by atoms with Gasteiger partial charge in [-0.05, 0) is 50.7 Å². The summed E-state index contributed by atoms with van der Waals surface area (Å²) < 4.78 is 1.91. The van der Waals surface area contributed by atoms with Gasteiger partial charge in [0.05, 0.1) is 5.69 Å². The number of aryl methyl sites for hydroxylation is 3. The molecule has 0 aliphatic carbocycles. The Kier molecular flexibility index (Phi) is 4.63. The van der Waals surface area contributed by atoms with E-state index < -0.39 is 0 Å². The lowest BCUT2D eigenvalue weighted by Crippen LogP contribution is -2.31. The maximum atomic E-state index is 5.48. The highest BCUT2D eigenvalue weighted by Gasteiger charge is 2.13. The van der Waals surface area contributed by atoms with E-state index in [0.29, 0.717) is 5.11 Å². The van der Waals surface area contributed by atoms with E-state index in [4.69, 9.17) is 12.2 Å². The lowest BCUT2D eigenvalue weighted by atomic mass is 10.2. The Hall–Kier alpha value is -1.88. The van der Waals surface area contributed by atoms with Crippen LogP contribution in [0.25, 0.3) is 0 Å². The second-order valence-corrected chi connectivity index (χ2v) is 5.82. The van der Waals surface area contributed by atoms with Crippen molar-refractivity contribution in [1.82, 2.24) is 14.7 Å². The first-order chi connectivity index (χ1) is 9.88. The molecule has 21 heavy (non-hydrogen) atoms. The molecule has 0 saturated heterocycles. The van der Waals surface area contributed by atoms with E-state index in [0.717, 1.165) is 17.9 Å². The Morgan fingerprint density at radius 2 is 2.05 bits per heavy atom. The standard InChI is InChI=1S/C16H22N4S/c1-11-7-6-8-14(9-11)17-16(21)19(4)10-15-12(2)18-20(5)13(15)3/h6-9H,10H2,1-5H3,(H,17,21). The molecule has 1 aromatic heterocycles. The molecule has 0 radical (unpaired) electrons. The lowest BCUT2D eigenvalue weighted by molar-refractivity contribution is 0.505. The zero-order chi connectivity index (χ0) is 15.6. The molecular weight excluding hydrogens is 280 g/mol. The first kappa shape index (κ1) is 15.5. The Balaban J connectivity index is 2.06. The Labute approximate surface area is 131 Å². The van der Waals surface area contributed by atoms with Crippen molar-refractivity contribution in [3.05, 3.63) is 46.8 Å². The van der Waals surface area contributed by atoms with E-state index in [1.165, 1.54) is 16.8 Å². The van der Waals surface area contributed by atoms with Gasteiger partial charge in [-0.15, -0.1) is 0 Å². The van der Waals surface area contributed by atoms with E-state index in [-0.39, 0.29) is 0 Å². The van der Waals surface area contributed by atoms with Crippen LogP contribution in [0.15, 0.2) is 24.3 Å². The molecule has 0 spiro atoms. The molecule has 1 heterocycles. The third kappa shape index (κ3) is 3.61. The van der Waals surface area contributed by atoms with Gasteiger partial charge in [0.15, 0.2) is 5.11 Å². The zero-order valence-electron chi connectivity index (χ0n) is 13.3. The van der Waals surface area contributed by atoms with Gasteiger partial charge in [-0.2, -0.15) is 5.10 Å². The van der Waals surface area contributed by atoms with Crippen molar-refractivity contribution in [2.75, 3.05) is 12.4 Å². The number of hydrogen-bond acceptors (Lipinski definition) is 2. The van der Waals surface area contributed by atoms with Gasteiger partial charge in [0, 0.05) is 37.6 Å². The number of hydrogen-bond donors (Lipinski definition) is 1. The fourth-order valence-corrected chi connectivity index (χ4v) is 2.48. The molecule has 0 aliphatic heterocycles. The smallest absolute Gasteiger partial charge is 0.173 e. The van der Waals surface area contributed by atoms with Crippen LogP contribution in [0.3, 0.4) is 0 Å². The minimum absolute atomic E-state index is 0.711. The molecule has 1 N–H and O–H groups in total. The van der Waals surface area contributed by atoms with Crippen molar-refractivity contribution in [3.63, 3.8) is 0 Å². The SMILES string of the molecule is Cc1cccc(NC(=S)N(C)Cc2c(C)nn(C)c2C)c1. The molecule has 0 saturated carbocycles. The third-order valence-corrected chi connectivity index (χ3v) is 4.08. The summed E-state index contributed by atoms with van der Waals surface area (Å²) in [6.07, 6.45) is 0. The summed E-state index contributed by atoms with van der Waals surface area (Å²) in [6, 6.07) is 8.20. The van der Waals surface area contributed by atoms with Crippen LogP contribution in [0.4, 0.5) is 5.69 Å². The summed E-state index contributed by atoms with van der Waals surface area (Å²) in [6.45, 7) is 6.94. The average Bonchev–Trinajstić information content (AvgIpc) is 2.65. The van der Waals surface area contributed by atoms with E-state index in [1.807, 2.05) is 42.7 Å². The van der Waals surface area contributed by atoms with Crippen LogP contribution in [0.1, 0.15) is 22.5 Å². The van der Waals surface area contributed by atoms with E-state index in [2.05, 4.69) is 36.4 Å². The highest BCUT2D eigenvalue weighted by atomic mass is 32.1. The zero-order valence-corrected chi connectivity index (χ0v) is 14.1. The maximum absolute atomic E-state index is 5.48. The quantitative estimate of drug-likeness (QED) is 0.883. The first-order valence-electron chi connectivity index (χ1n) is 6.96. The topological polar surface area (TPSA) is 33.1 Å². The van der Waals surface area contributed by atoms with Gasteiger partial charge in [0.1, 0.15) is 0 Å². The Morgan fingerprint density at radius 3 is 2.62 bits per heavy atom. The molecule has 112 valence electrons.